The molecule has 2 heterocycles. The molecule has 2 aromatic carbocycles. The van der Waals surface area contributed by atoms with Crippen molar-refractivity contribution in [1.29, 1.82) is 0 Å². The summed E-state index contributed by atoms with van der Waals surface area (Å²) in [5, 5.41) is 0. The fraction of sp³-hybridized carbons (Fsp3) is 0.0500. The Kier molecular flexibility index (Phi) is 3.31. The minimum Gasteiger partial charge on any atom is -0.363 e. The number of nitrogens with zero attached hydrogens (tertiary/aromatic N) is 1. The van der Waals surface area contributed by atoms with E-state index < -0.39 is 0 Å². The lowest BCUT2D eigenvalue weighted by Gasteiger charge is -2.33. The summed E-state index contributed by atoms with van der Waals surface area (Å²) in [7, 11) is 0. The van der Waals surface area contributed by atoms with Crippen molar-refractivity contribution in [2.75, 3.05) is 4.90 Å². The van der Waals surface area contributed by atoms with Crippen LogP contribution in [0, 0.1) is 0 Å². The normalized spacial score (nSPS) is 16.2. The number of H-pyrrole nitrogens is 1. The number of carbonyl (C=O) groups is 1. The molecule has 4 rings (SSSR count). The van der Waals surface area contributed by atoms with Gasteiger partial charge >= 0.3 is 0 Å². The van der Waals surface area contributed by atoms with Gasteiger partial charge in [-0.1, -0.05) is 48.6 Å². The standard InChI is InChI=1S/C20H16N2O/c23-20(16-8-2-1-3-9-16)22-18-11-5-4-7-15(18)12-13-19(22)17-10-6-14-21-17/h1-14,19,21H. The molecule has 1 aromatic heterocycles. The summed E-state index contributed by atoms with van der Waals surface area (Å²) >= 11 is 0. The summed E-state index contributed by atoms with van der Waals surface area (Å²) in [6.07, 6.45) is 6.03. The topological polar surface area (TPSA) is 36.1 Å². The number of aromatic nitrogens is 1. The predicted molar refractivity (Wildman–Crippen MR) is 92.3 cm³/mol. The van der Waals surface area contributed by atoms with Crippen molar-refractivity contribution in [2.45, 2.75) is 6.04 Å². The third kappa shape index (κ3) is 2.36. The molecular weight excluding hydrogens is 284 g/mol. The van der Waals surface area contributed by atoms with Gasteiger partial charge in [0.25, 0.3) is 5.91 Å². The Morgan fingerprint density at radius 2 is 1.70 bits per heavy atom. The summed E-state index contributed by atoms with van der Waals surface area (Å²) in [6.45, 7) is 0. The van der Waals surface area contributed by atoms with Gasteiger partial charge in [-0.25, -0.2) is 0 Å². The molecule has 0 bridgehead atoms. The molecule has 3 heteroatoms. The van der Waals surface area contributed by atoms with Gasteiger partial charge in [0.1, 0.15) is 0 Å². The van der Waals surface area contributed by atoms with Crippen molar-refractivity contribution < 1.29 is 4.79 Å². The maximum atomic E-state index is 13.1. The van der Waals surface area contributed by atoms with Crippen LogP contribution < -0.4 is 4.90 Å². The Labute approximate surface area is 134 Å². The first kappa shape index (κ1) is 13.6. The molecule has 1 atom stereocenters. The Balaban J connectivity index is 1.84. The number of carbonyl (C=O) groups excluding carboxylic acids is 1. The number of amides is 1. The van der Waals surface area contributed by atoms with Crippen LogP contribution in [-0.4, -0.2) is 10.9 Å². The molecule has 1 amide bonds. The van der Waals surface area contributed by atoms with Gasteiger partial charge in [0.05, 0.1) is 11.7 Å². The van der Waals surface area contributed by atoms with Crippen molar-refractivity contribution in [3.8, 4) is 0 Å². The number of hydrogen-bond acceptors (Lipinski definition) is 1. The van der Waals surface area contributed by atoms with Crippen LogP contribution in [0.3, 0.4) is 0 Å². The summed E-state index contributed by atoms with van der Waals surface area (Å²) in [5.74, 6) is 0.00185. The van der Waals surface area contributed by atoms with E-state index in [0.29, 0.717) is 5.56 Å². The van der Waals surface area contributed by atoms with Crippen LogP contribution in [0.25, 0.3) is 6.08 Å². The van der Waals surface area contributed by atoms with Crippen molar-refractivity contribution in [2.24, 2.45) is 0 Å². The SMILES string of the molecule is O=C(c1ccccc1)N1c2ccccc2C=CC1c1ccc[nH]1. The third-order valence-electron chi connectivity index (χ3n) is 4.11. The lowest BCUT2D eigenvalue weighted by atomic mass is 9.99. The van der Waals surface area contributed by atoms with Crippen molar-refractivity contribution in [3.05, 3.63) is 95.8 Å². The van der Waals surface area contributed by atoms with Crippen molar-refractivity contribution in [1.82, 2.24) is 4.98 Å². The summed E-state index contributed by atoms with van der Waals surface area (Å²) in [4.78, 5) is 18.2. The molecule has 112 valence electrons. The first-order valence-corrected chi connectivity index (χ1v) is 7.64. The van der Waals surface area contributed by atoms with E-state index in [4.69, 9.17) is 0 Å². The van der Waals surface area contributed by atoms with Crippen LogP contribution in [0.4, 0.5) is 5.69 Å². The molecule has 0 fully saturated rings. The average molecular weight is 300 g/mol. The molecule has 0 radical (unpaired) electrons. The van der Waals surface area contributed by atoms with E-state index in [9.17, 15) is 4.79 Å². The van der Waals surface area contributed by atoms with Gasteiger partial charge < -0.3 is 4.98 Å². The number of rotatable bonds is 2. The van der Waals surface area contributed by atoms with Crippen LogP contribution in [0.15, 0.2) is 79.0 Å². The van der Waals surface area contributed by atoms with E-state index >= 15 is 0 Å². The number of nitrogens with one attached hydrogen (secondary N) is 1. The maximum absolute atomic E-state index is 13.1. The quantitative estimate of drug-likeness (QED) is 0.746. The Bertz CT molecular complexity index is 850. The molecular formula is C20H16N2O. The number of fused-ring (bicyclic) bond motifs is 1. The minimum atomic E-state index is -0.132. The highest BCUT2D eigenvalue weighted by atomic mass is 16.2. The number of hydrogen-bond donors (Lipinski definition) is 1. The van der Waals surface area contributed by atoms with Crippen LogP contribution in [-0.2, 0) is 0 Å². The summed E-state index contributed by atoms with van der Waals surface area (Å²) < 4.78 is 0. The zero-order valence-electron chi connectivity index (χ0n) is 12.5. The van der Waals surface area contributed by atoms with Crippen LogP contribution >= 0.6 is 0 Å². The van der Waals surface area contributed by atoms with E-state index in [-0.39, 0.29) is 11.9 Å². The molecule has 0 aliphatic carbocycles. The second-order valence-electron chi connectivity index (χ2n) is 5.53. The van der Waals surface area contributed by atoms with Gasteiger partial charge in [0.15, 0.2) is 0 Å². The molecule has 0 saturated carbocycles. The first-order valence-electron chi connectivity index (χ1n) is 7.64. The fourth-order valence-electron chi connectivity index (χ4n) is 3.01. The Morgan fingerprint density at radius 1 is 0.913 bits per heavy atom. The van der Waals surface area contributed by atoms with Gasteiger partial charge in [0, 0.05) is 17.5 Å². The lowest BCUT2D eigenvalue weighted by molar-refractivity contribution is 0.0980. The zero-order chi connectivity index (χ0) is 15.6. The predicted octanol–water partition coefficient (Wildman–Crippen LogP) is 4.43. The van der Waals surface area contributed by atoms with Crippen LogP contribution in [0.5, 0.6) is 0 Å². The van der Waals surface area contributed by atoms with E-state index in [1.807, 2.05) is 77.8 Å². The second-order valence-corrected chi connectivity index (χ2v) is 5.53. The number of para-hydroxylation sites is 1. The van der Waals surface area contributed by atoms with Crippen LogP contribution in [0.1, 0.15) is 27.7 Å². The van der Waals surface area contributed by atoms with Gasteiger partial charge in [-0.05, 0) is 35.9 Å². The Hall–Kier alpha value is -3.07. The fourth-order valence-corrected chi connectivity index (χ4v) is 3.01. The molecule has 1 aliphatic heterocycles. The third-order valence-corrected chi connectivity index (χ3v) is 4.11. The molecule has 23 heavy (non-hydrogen) atoms. The van der Waals surface area contributed by atoms with E-state index in [1.54, 1.807) is 0 Å². The monoisotopic (exact) mass is 300 g/mol. The molecule has 0 saturated heterocycles. The molecule has 1 N–H and O–H groups in total. The first-order chi connectivity index (χ1) is 11.3. The molecule has 0 spiro atoms. The number of benzene rings is 2. The number of aromatic amines is 1. The van der Waals surface area contributed by atoms with Crippen LogP contribution in [0.2, 0.25) is 0 Å². The second kappa shape index (κ2) is 5.61. The maximum Gasteiger partial charge on any atom is 0.259 e. The highest BCUT2D eigenvalue weighted by molar-refractivity contribution is 6.08. The van der Waals surface area contributed by atoms with E-state index in [1.165, 1.54) is 0 Å². The van der Waals surface area contributed by atoms with E-state index in [2.05, 4.69) is 17.1 Å². The molecule has 3 nitrogen and oxygen atoms in total. The van der Waals surface area contributed by atoms with Crippen molar-refractivity contribution >= 4 is 17.7 Å². The minimum absolute atomic E-state index is 0.00185. The van der Waals surface area contributed by atoms with Gasteiger partial charge in [-0.2, -0.15) is 0 Å². The summed E-state index contributed by atoms with van der Waals surface area (Å²) in [5.41, 5.74) is 3.68. The number of anilines is 1. The van der Waals surface area contributed by atoms with Gasteiger partial charge in [-0.3, -0.25) is 9.69 Å². The highest BCUT2D eigenvalue weighted by Crippen LogP contribution is 2.36. The molecule has 1 aliphatic rings. The average Bonchev–Trinajstić information content (AvgIpc) is 3.15. The molecule has 3 aromatic rings. The molecule has 1 unspecified atom stereocenters. The lowest BCUT2D eigenvalue weighted by Crippen LogP contribution is -2.36. The van der Waals surface area contributed by atoms with E-state index in [0.717, 1.165) is 16.9 Å². The Morgan fingerprint density at radius 3 is 2.48 bits per heavy atom. The van der Waals surface area contributed by atoms with Gasteiger partial charge in [-0.15, -0.1) is 0 Å². The van der Waals surface area contributed by atoms with Gasteiger partial charge in [0.2, 0.25) is 0 Å². The smallest absolute Gasteiger partial charge is 0.259 e. The van der Waals surface area contributed by atoms with Crippen molar-refractivity contribution in [3.63, 3.8) is 0 Å². The largest absolute Gasteiger partial charge is 0.363 e. The highest BCUT2D eigenvalue weighted by Gasteiger charge is 2.30. The zero-order valence-corrected chi connectivity index (χ0v) is 12.5. The summed E-state index contributed by atoms with van der Waals surface area (Å²) in [6, 6.07) is 21.2.